The van der Waals surface area contributed by atoms with Gasteiger partial charge in [0.15, 0.2) is 5.52 Å². The van der Waals surface area contributed by atoms with Gasteiger partial charge in [0.2, 0.25) is 0 Å². The summed E-state index contributed by atoms with van der Waals surface area (Å²) in [6.07, 6.45) is 0. The predicted molar refractivity (Wildman–Crippen MR) is 113 cm³/mol. The van der Waals surface area contributed by atoms with Crippen molar-refractivity contribution in [2.75, 3.05) is 0 Å². The van der Waals surface area contributed by atoms with Crippen LogP contribution in [0.3, 0.4) is 0 Å². The second-order valence-corrected chi connectivity index (χ2v) is 7.37. The van der Waals surface area contributed by atoms with Crippen LogP contribution < -0.4 is 10.0 Å². The Morgan fingerprint density at radius 3 is 2.31 bits per heavy atom. The van der Waals surface area contributed by atoms with E-state index < -0.39 is 0 Å². The molecule has 0 aliphatic heterocycles. The molecule has 3 rings (SSSR count). The molecule has 0 radical (unpaired) electrons. The Morgan fingerprint density at radius 2 is 1.65 bits per heavy atom. The first kappa shape index (κ1) is 20.8. The molecule has 0 spiro atoms. The van der Waals surface area contributed by atoms with E-state index in [2.05, 4.69) is 0 Å². The number of hydrogen-bond acceptors (Lipinski definition) is 2. The van der Waals surface area contributed by atoms with Crippen molar-refractivity contribution in [1.29, 1.82) is 0 Å². The molecule has 0 saturated carbocycles. The zero-order valence-electron chi connectivity index (χ0n) is 13.8. The molecule has 5 heteroatoms. The van der Waals surface area contributed by atoms with Gasteiger partial charge in [-0.3, -0.25) is 4.79 Å². The summed E-state index contributed by atoms with van der Waals surface area (Å²) in [6, 6.07) is 23.2. The molecule has 2 nitrogen and oxygen atoms in total. The second kappa shape index (κ2) is 9.96. The summed E-state index contributed by atoms with van der Waals surface area (Å²) in [7, 11) is 0.0408. The molecule has 0 aromatic heterocycles. The normalized spacial score (nSPS) is 10.5. The van der Waals surface area contributed by atoms with Crippen LogP contribution in [0.15, 0.2) is 72.8 Å². The van der Waals surface area contributed by atoms with Crippen LogP contribution in [0.4, 0.5) is 0 Å². The molecule has 0 bridgehead atoms. The van der Waals surface area contributed by atoms with E-state index in [-0.39, 0.29) is 33.0 Å². The minimum atomic E-state index is 0. The molecule has 3 aromatic carbocycles. The third-order valence-electron chi connectivity index (χ3n) is 3.81. The number of hydrogen-bond donors (Lipinski definition) is 0. The third-order valence-corrected chi connectivity index (χ3v) is 5.22. The molecule has 0 amide bonds. The third kappa shape index (κ3) is 5.47. The summed E-state index contributed by atoms with van der Waals surface area (Å²) < 4.78 is 5.77. The van der Waals surface area contributed by atoms with Crippen molar-refractivity contribution >= 4 is 49.9 Å². The molecule has 0 saturated heterocycles. The zero-order valence-corrected chi connectivity index (χ0v) is 15.6. The fourth-order valence-corrected chi connectivity index (χ4v) is 3.93. The van der Waals surface area contributed by atoms with Gasteiger partial charge in [-0.15, -0.1) is 0 Å². The van der Waals surface area contributed by atoms with E-state index in [0.29, 0.717) is 17.2 Å². The Morgan fingerprint density at radius 1 is 0.962 bits per heavy atom. The molecule has 3 aromatic rings. The molecule has 26 heavy (non-hydrogen) atoms. The maximum absolute atomic E-state index is 12.5. The van der Waals surface area contributed by atoms with E-state index in [1.54, 1.807) is 6.07 Å². The Bertz CT molecular complexity index is 847. The first-order chi connectivity index (χ1) is 12.1. The minimum absolute atomic E-state index is 0. The first-order valence-corrected chi connectivity index (χ1v) is 9.34. The van der Waals surface area contributed by atoms with E-state index in [0.717, 1.165) is 22.2 Å². The van der Waals surface area contributed by atoms with Crippen molar-refractivity contribution < 1.29 is 9.53 Å². The summed E-state index contributed by atoms with van der Waals surface area (Å²) >= 11 is 6.18. The zero-order chi connectivity index (χ0) is 17.6. The van der Waals surface area contributed by atoms with Gasteiger partial charge in [-0.1, -0.05) is 66.2 Å². The van der Waals surface area contributed by atoms with Gasteiger partial charge in [-0.05, 0) is 50.1 Å². The Labute approximate surface area is 172 Å². The van der Waals surface area contributed by atoms with Crippen molar-refractivity contribution in [3.05, 3.63) is 94.5 Å². The van der Waals surface area contributed by atoms with E-state index in [4.69, 9.17) is 16.3 Å². The maximum atomic E-state index is 12.5. The van der Waals surface area contributed by atoms with Crippen LogP contribution in [-0.4, -0.2) is 24.4 Å². The standard InChI is InChI=1S/C21H18ClO2P.Li.H/c1-15-6-5-9-19(22)20(15)21(23)25-18-12-10-17(11-13-18)24-14-16-7-3-2-4-8-16;;/h2-13,25H,14H2,1H3;;. The van der Waals surface area contributed by atoms with Crippen molar-refractivity contribution in [2.45, 2.75) is 13.5 Å². The van der Waals surface area contributed by atoms with Crippen LogP contribution in [0, 0.1) is 6.92 Å². The summed E-state index contributed by atoms with van der Waals surface area (Å²) in [5.41, 5.74) is 2.71. The monoisotopic (exact) mass is 376 g/mol. The topological polar surface area (TPSA) is 26.3 Å². The van der Waals surface area contributed by atoms with E-state index in [1.807, 2.05) is 73.7 Å². The summed E-state index contributed by atoms with van der Waals surface area (Å²) in [5.74, 6) is 0.791. The number of halogens is 1. The molecule has 0 fully saturated rings. The molecule has 0 aliphatic rings. The van der Waals surface area contributed by atoms with Gasteiger partial charge >= 0.3 is 18.9 Å². The summed E-state index contributed by atoms with van der Waals surface area (Å²) in [4.78, 5) is 12.5. The fourth-order valence-electron chi connectivity index (χ4n) is 2.49. The Kier molecular flexibility index (Phi) is 7.95. The van der Waals surface area contributed by atoms with Gasteiger partial charge in [0.25, 0.3) is 0 Å². The quantitative estimate of drug-likeness (QED) is 0.459. The van der Waals surface area contributed by atoms with Crippen molar-refractivity contribution in [2.24, 2.45) is 0 Å². The second-order valence-electron chi connectivity index (χ2n) is 5.68. The first-order valence-electron chi connectivity index (χ1n) is 7.97. The number of ether oxygens (including phenoxy) is 1. The molecule has 0 heterocycles. The van der Waals surface area contributed by atoms with Gasteiger partial charge < -0.3 is 4.74 Å². The van der Waals surface area contributed by atoms with Crippen molar-refractivity contribution in [1.82, 2.24) is 0 Å². The average molecular weight is 377 g/mol. The molecule has 0 aliphatic carbocycles. The fraction of sp³-hybridized carbons (Fsp3) is 0.0952. The molecule has 1 atom stereocenters. The van der Waals surface area contributed by atoms with Gasteiger partial charge in [-0.2, -0.15) is 0 Å². The van der Waals surface area contributed by atoms with Crippen LogP contribution in [-0.2, 0) is 6.61 Å². The van der Waals surface area contributed by atoms with Crippen LogP contribution in [0.5, 0.6) is 5.75 Å². The molecule has 1 unspecified atom stereocenters. The van der Waals surface area contributed by atoms with Crippen LogP contribution >= 0.6 is 20.2 Å². The predicted octanol–water partition coefficient (Wildman–Crippen LogP) is 4.72. The van der Waals surface area contributed by atoms with Crippen LogP contribution in [0.1, 0.15) is 21.5 Å². The van der Waals surface area contributed by atoms with E-state index in [1.165, 1.54) is 0 Å². The number of carbonyl (C=O) groups excluding carboxylic acids is 1. The SMILES string of the molecule is Cc1cccc(Cl)c1C(=O)Pc1ccc(OCc2ccccc2)cc1.[LiH]. The summed E-state index contributed by atoms with van der Waals surface area (Å²) in [5, 5.41) is 1.48. The Balaban J connectivity index is 0.00000243. The van der Waals surface area contributed by atoms with Crippen LogP contribution in [0.2, 0.25) is 5.02 Å². The number of benzene rings is 3. The van der Waals surface area contributed by atoms with Gasteiger partial charge in [0, 0.05) is 5.56 Å². The number of carbonyl (C=O) groups is 1. The van der Waals surface area contributed by atoms with E-state index in [9.17, 15) is 4.79 Å². The van der Waals surface area contributed by atoms with Gasteiger partial charge in [-0.25, -0.2) is 0 Å². The van der Waals surface area contributed by atoms with Crippen LogP contribution in [0.25, 0.3) is 0 Å². The van der Waals surface area contributed by atoms with E-state index >= 15 is 0 Å². The summed E-state index contributed by atoms with van der Waals surface area (Å²) in [6.45, 7) is 2.43. The molecule has 128 valence electrons. The van der Waals surface area contributed by atoms with Gasteiger partial charge in [0.1, 0.15) is 12.4 Å². The van der Waals surface area contributed by atoms with Gasteiger partial charge in [0.05, 0.1) is 5.02 Å². The molecular weight excluding hydrogens is 358 g/mol. The van der Waals surface area contributed by atoms with Crippen molar-refractivity contribution in [3.63, 3.8) is 0 Å². The number of aryl methyl sites for hydroxylation is 1. The Hall–Kier alpha value is -1.55. The number of rotatable bonds is 6. The molecule has 0 N–H and O–H groups in total. The van der Waals surface area contributed by atoms with Crippen molar-refractivity contribution in [3.8, 4) is 5.75 Å². The molecular formula is C21H19ClLiO2P. The average Bonchev–Trinajstić information content (AvgIpc) is 2.62.